The zero-order chi connectivity index (χ0) is 23.9. The van der Waals surface area contributed by atoms with Gasteiger partial charge in [0, 0.05) is 6.42 Å². The maximum Gasteiger partial charge on any atom is 0.263 e. The van der Waals surface area contributed by atoms with Gasteiger partial charge in [-0.25, -0.2) is 0 Å². The van der Waals surface area contributed by atoms with Crippen molar-refractivity contribution in [3.63, 3.8) is 0 Å². The molecule has 6 rings (SSSR count). The molecule has 0 aliphatic carbocycles. The monoisotopic (exact) mass is 460 g/mol. The molecule has 0 saturated heterocycles. The van der Waals surface area contributed by atoms with Crippen LogP contribution >= 0.6 is 0 Å². The number of hydrogen-bond acceptors (Lipinski definition) is 4. The number of aliphatic imine (C=N–C) groups is 1. The molecule has 1 atom stereocenters. The van der Waals surface area contributed by atoms with Crippen molar-refractivity contribution in [2.45, 2.75) is 12.5 Å². The highest BCUT2D eigenvalue weighted by atomic mass is 16.5. The van der Waals surface area contributed by atoms with Crippen LogP contribution in [0.2, 0.25) is 0 Å². The Morgan fingerprint density at radius 1 is 0.771 bits per heavy atom. The molecule has 2 heterocycles. The summed E-state index contributed by atoms with van der Waals surface area (Å²) >= 11 is 0. The second-order valence-corrected chi connectivity index (χ2v) is 8.65. The quantitative estimate of drug-likeness (QED) is 0.345. The SMILES string of the molecule is COc1ccc2c(c1OC)C(=O)N1c3ccccc3N=C(c3ccc(-c4ccccc4)cc3)C[C@H]21. The van der Waals surface area contributed by atoms with E-state index in [9.17, 15) is 4.79 Å². The molecule has 0 saturated carbocycles. The van der Waals surface area contributed by atoms with Gasteiger partial charge in [-0.05, 0) is 40.5 Å². The van der Waals surface area contributed by atoms with E-state index in [4.69, 9.17) is 14.5 Å². The van der Waals surface area contributed by atoms with Gasteiger partial charge in [-0.15, -0.1) is 0 Å². The minimum atomic E-state index is -0.187. The zero-order valence-electron chi connectivity index (χ0n) is 19.6. The van der Waals surface area contributed by atoms with Gasteiger partial charge in [0.05, 0.1) is 42.9 Å². The van der Waals surface area contributed by atoms with E-state index in [0.717, 1.165) is 33.8 Å². The first-order chi connectivity index (χ1) is 17.2. The van der Waals surface area contributed by atoms with Crippen LogP contribution in [-0.4, -0.2) is 25.8 Å². The molecule has 0 radical (unpaired) electrons. The summed E-state index contributed by atoms with van der Waals surface area (Å²) in [6, 6.07) is 30.3. The Kier molecular flexibility index (Phi) is 5.10. The Morgan fingerprint density at radius 3 is 2.20 bits per heavy atom. The van der Waals surface area contributed by atoms with Crippen LogP contribution in [0.5, 0.6) is 11.5 Å². The number of carbonyl (C=O) groups excluding carboxylic acids is 1. The number of hydrogen-bond donors (Lipinski definition) is 0. The second-order valence-electron chi connectivity index (χ2n) is 8.65. The highest BCUT2D eigenvalue weighted by molar-refractivity contribution is 6.17. The van der Waals surface area contributed by atoms with Gasteiger partial charge in [-0.3, -0.25) is 14.7 Å². The maximum absolute atomic E-state index is 13.8. The summed E-state index contributed by atoms with van der Waals surface area (Å²) in [5, 5.41) is 0. The van der Waals surface area contributed by atoms with Crippen LogP contribution in [0.3, 0.4) is 0 Å². The molecule has 0 spiro atoms. The number of amides is 1. The Bertz CT molecular complexity index is 1460. The molecule has 0 bridgehead atoms. The number of para-hydroxylation sites is 2. The lowest BCUT2D eigenvalue weighted by molar-refractivity contribution is 0.0989. The molecule has 2 aliphatic heterocycles. The van der Waals surface area contributed by atoms with Crippen molar-refractivity contribution in [3.8, 4) is 22.6 Å². The van der Waals surface area contributed by atoms with Crippen LogP contribution in [0.15, 0.2) is 96.0 Å². The van der Waals surface area contributed by atoms with E-state index in [1.54, 1.807) is 14.2 Å². The molecule has 35 heavy (non-hydrogen) atoms. The van der Waals surface area contributed by atoms with Gasteiger partial charge in [-0.2, -0.15) is 0 Å². The number of methoxy groups -OCH3 is 2. The summed E-state index contributed by atoms with van der Waals surface area (Å²) in [6.07, 6.45) is 0.591. The molecule has 0 aromatic heterocycles. The van der Waals surface area contributed by atoms with Crippen LogP contribution in [0, 0.1) is 0 Å². The fraction of sp³-hybridized carbons (Fsp3) is 0.133. The number of anilines is 1. The van der Waals surface area contributed by atoms with Crippen LogP contribution < -0.4 is 14.4 Å². The third-order valence-corrected chi connectivity index (χ3v) is 6.79. The summed E-state index contributed by atoms with van der Waals surface area (Å²) in [6.45, 7) is 0. The fourth-order valence-electron chi connectivity index (χ4n) is 5.12. The zero-order valence-corrected chi connectivity index (χ0v) is 19.6. The van der Waals surface area contributed by atoms with Gasteiger partial charge in [-0.1, -0.05) is 72.8 Å². The topological polar surface area (TPSA) is 51.1 Å². The highest BCUT2D eigenvalue weighted by Crippen LogP contribution is 2.50. The van der Waals surface area contributed by atoms with E-state index in [0.29, 0.717) is 23.5 Å². The number of benzene rings is 4. The lowest BCUT2D eigenvalue weighted by Crippen LogP contribution is -2.28. The van der Waals surface area contributed by atoms with Crippen molar-refractivity contribution < 1.29 is 14.3 Å². The summed E-state index contributed by atoms with van der Waals surface area (Å²) in [4.78, 5) is 20.7. The van der Waals surface area contributed by atoms with Crippen molar-refractivity contribution in [1.29, 1.82) is 0 Å². The third kappa shape index (κ3) is 3.39. The average molecular weight is 461 g/mol. The Morgan fingerprint density at radius 2 is 1.46 bits per heavy atom. The van der Waals surface area contributed by atoms with Crippen LogP contribution in [-0.2, 0) is 0 Å². The molecule has 5 nitrogen and oxygen atoms in total. The van der Waals surface area contributed by atoms with E-state index in [1.165, 1.54) is 5.56 Å². The minimum absolute atomic E-state index is 0.0934. The molecular weight excluding hydrogens is 436 g/mol. The molecule has 2 aliphatic rings. The molecule has 1 amide bonds. The Balaban J connectivity index is 1.47. The van der Waals surface area contributed by atoms with Crippen molar-refractivity contribution in [1.82, 2.24) is 0 Å². The number of ether oxygens (including phenoxy) is 2. The van der Waals surface area contributed by atoms with Crippen LogP contribution in [0.25, 0.3) is 11.1 Å². The second kappa shape index (κ2) is 8.44. The van der Waals surface area contributed by atoms with Crippen molar-refractivity contribution in [2.24, 2.45) is 4.99 Å². The third-order valence-electron chi connectivity index (χ3n) is 6.79. The first kappa shape index (κ1) is 21.2. The molecule has 0 fully saturated rings. The average Bonchev–Trinajstić information content (AvgIpc) is 3.08. The Hall–Kier alpha value is -4.38. The van der Waals surface area contributed by atoms with Crippen LogP contribution in [0.4, 0.5) is 11.4 Å². The molecule has 5 heteroatoms. The fourth-order valence-corrected chi connectivity index (χ4v) is 5.12. The molecule has 0 N–H and O–H groups in total. The van der Waals surface area contributed by atoms with Crippen molar-refractivity contribution in [3.05, 3.63) is 108 Å². The Labute approximate surface area is 204 Å². The van der Waals surface area contributed by atoms with Crippen molar-refractivity contribution in [2.75, 3.05) is 19.1 Å². The summed E-state index contributed by atoms with van der Waals surface area (Å²) in [7, 11) is 3.16. The minimum Gasteiger partial charge on any atom is -0.493 e. The number of carbonyl (C=O) groups is 1. The van der Waals surface area contributed by atoms with E-state index >= 15 is 0 Å². The normalized spacial score (nSPS) is 16.1. The lowest BCUT2D eigenvalue weighted by Gasteiger charge is -2.24. The van der Waals surface area contributed by atoms with Gasteiger partial charge < -0.3 is 9.47 Å². The van der Waals surface area contributed by atoms with Gasteiger partial charge in [0.25, 0.3) is 5.91 Å². The summed E-state index contributed by atoms with van der Waals surface area (Å²) < 4.78 is 11.1. The highest BCUT2D eigenvalue weighted by Gasteiger charge is 2.43. The van der Waals surface area contributed by atoms with E-state index in [-0.39, 0.29) is 11.9 Å². The standard InChI is InChI=1S/C30H24N2O3/c1-34-27-17-16-22-26-18-24(21-14-12-20(13-15-21)19-8-4-3-5-9-19)31-23-10-6-7-11-25(23)32(26)30(33)28(22)29(27)35-2/h3-17,26H,18H2,1-2H3/t26-/m1/s1. The van der Waals surface area contributed by atoms with Gasteiger partial charge in [0.2, 0.25) is 0 Å². The first-order valence-electron chi connectivity index (χ1n) is 11.6. The molecule has 4 aromatic carbocycles. The van der Waals surface area contributed by atoms with Gasteiger partial charge in [0.15, 0.2) is 11.5 Å². The summed E-state index contributed by atoms with van der Waals surface area (Å²) in [5.74, 6) is 0.936. The number of fused-ring (bicyclic) bond motifs is 5. The van der Waals surface area contributed by atoms with Crippen molar-refractivity contribution >= 4 is 23.0 Å². The molecule has 4 aromatic rings. The molecule has 0 unspecified atom stereocenters. The van der Waals surface area contributed by atoms with Gasteiger partial charge >= 0.3 is 0 Å². The number of rotatable bonds is 4. The van der Waals surface area contributed by atoms with E-state index in [2.05, 4.69) is 36.4 Å². The van der Waals surface area contributed by atoms with E-state index in [1.807, 2.05) is 59.5 Å². The maximum atomic E-state index is 13.8. The lowest BCUT2D eigenvalue weighted by atomic mass is 9.95. The van der Waals surface area contributed by atoms with Gasteiger partial charge in [0.1, 0.15) is 0 Å². The largest absolute Gasteiger partial charge is 0.493 e. The predicted octanol–water partition coefficient (Wildman–Crippen LogP) is 6.60. The predicted molar refractivity (Wildman–Crippen MR) is 138 cm³/mol. The first-order valence-corrected chi connectivity index (χ1v) is 11.6. The van der Waals surface area contributed by atoms with E-state index < -0.39 is 0 Å². The molecule has 172 valence electrons. The summed E-state index contributed by atoms with van der Waals surface area (Å²) in [5.41, 5.74) is 7.39. The number of nitrogens with zero attached hydrogens (tertiary/aromatic N) is 2. The van der Waals surface area contributed by atoms with Crippen LogP contribution in [0.1, 0.15) is 33.9 Å². The smallest absolute Gasteiger partial charge is 0.263 e. The molecular formula is C30H24N2O3.